The van der Waals surface area contributed by atoms with Gasteiger partial charge in [-0.15, -0.1) is 0 Å². The normalized spacial score (nSPS) is 50.2. The average molecular weight is 443 g/mol. The first-order valence-corrected chi connectivity index (χ1v) is 13.4. The van der Waals surface area contributed by atoms with Crippen molar-refractivity contribution in [2.45, 2.75) is 119 Å². The van der Waals surface area contributed by atoms with Gasteiger partial charge < -0.3 is 10.2 Å². The van der Waals surface area contributed by atoms with Crippen LogP contribution in [0.4, 0.5) is 0 Å². The van der Waals surface area contributed by atoms with Gasteiger partial charge in [0.15, 0.2) is 0 Å². The molecule has 9 atom stereocenters. The summed E-state index contributed by atoms with van der Waals surface area (Å²) in [4.78, 5) is 0. The van der Waals surface area contributed by atoms with E-state index in [1.54, 1.807) is 0 Å². The van der Waals surface area contributed by atoms with Crippen LogP contribution in [0.25, 0.3) is 0 Å². The van der Waals surface area contributed by atoms with E-state index in [-0.39, 0.29) is 33.9 Å². The second-order valence-corrected chi connectivity index (χ2v) is 13.8. The summed E-state index contributed by atoms with van der Waals surface area (Å²) in [5, 5.41) is 22.6. The van der Waals surface area contributed by atoms with Gasteiger partial charge in [0, 0.05) is 0 Å². The third-order valence-electron chi connectivity index (χ3n) is 11.9. The Balaban J connectivity index is 1.67. The molecular weight excluding hydrogens is 392 g/mol. The Morgan fingerprint density at radius 1 is 0.812 bits per heavy atom. The van der Waals surface area contributed by atoms with Crippen LogP contribution >= 0.6 is 0 Å². The summed E-state index contributed by atoms with van der Waals surface area (Å²) in [7, 11) is 0. The topological polar surface area (TPSA) is 40.5 Å². The molecule has 4 fully saturated rings. The lowest BCUT2D eigenvalue weighted by molar-refractivity contribution is -0.240. The SMILES string of the molecule is CC(C)=CC/C=C(\C)C1CC[C@]2(C)C1[C@H](O)CC1[C@@]3(C)CC[C@H](O)C(C)(C)C3CC[C@]12C. The Morgan fingerprint density at radius 2 is 1.47 bits per heavy atom. The van der Waals surface area contributed by atoms with E-state index in [1.165, 1.54) is 36.8 Å². The minimum absolute atomic E-state index is 0.0283. The lowest BCUT2D eigenvalue weighted by Gasteiger charge is -2.70. The number of allylic oxidation sites excluding steroid dienone is 4. The molecule has 0 radical (unpaired) electrons. The Hall–Kier alpha value is -0.600. The Bertz CT molecular complexity index is 789. The monoisotopic (exact) mass is 442 g/mol. The minimum Gasteiger partial charge on any atom is -0.393 e. The third-order valence-corrected chi connectivity index (χ3v) is 11.9. The second-order valence-electron chi connectivity index (χ2n) is 13.8. The molecule has 0 spiro atoms. The van der Waals surface area contributed by atoms with Crippen LogP contribution in [0.15, 0.2) is 23.3 Å². The van der Waals surface area contributed by atoms with Crippen LogP contribution in [0.5, 0.6) is 0 Å². The van der Waals surface area contributed by atoms with Crippen LogP contribution in [0.1, 0.15) is 107 Å². The molecular formula is C30H50O2. The first kappa shape index (κ1) is 24.5. The number of aliphatic hydroxyl groups is 2. The zero-order valence-electron chi connectivity index (χ0n) is 22.2. The number of rotatable bonds is 3. The summed E-state index contributed by atoms with van der Waals surface area (Å²) in [6.07, 6.45) is 13.3. The largest absolute Gasteiger partial charge is 0.393 e. The van der Waals surface area contributed by atoms with E-state index in [0.29, 0.717) is 23.7 Å². The number of hydrogen-bond donors (Lipinski definition) is 2. The van der Waals surface area contributed by atoms with E-state index < -0.39 is 0 Å². The van der Waals surface area contributed by atoms with Gasteiger partial charge in [-0.25, -0.2) is 0 Å². The van der Waals surface area contributed by atoms with Gasteiger partial charge in [-0.3, -0.25) is 0 Å². The molecule has 4 unspecified atom stereocenters. The molecule has 0 aromatic carbocycles. The second kappa shape index (κ2) is 7.98. The summed E-state index contributed by atoms with van der Waals surface area (Å²) < 4.78 is 0. The van der Waals surface area contributed by atoms with E-state index >= 15 is 0 Å². The van der Waals surface area contributed by atoms with Gasteiger partial charge in [-0.2, -0.15) is 0 Å². The Kier molecular flexibility index (Phi) is 6.11. The van der Waals surface area contributed by atoms with Crippen molar-refractivity contribution in [3.05, 3.63) is 23.3 Å². The van der Waals surface area contributed by atoms with Crippen LogP contribution < -0.4 is 0 Å². The molecule has 32 heavy (non-hydrogen) atoms. The standard InChI is InChI=1S/C30H50O2/c1-19(2)10-9-11-20(3)21-12-16-30(8)26(21)22(31)18-24-28(6)15-14-25(32)27(4,5)23(28)13-17-29(24,30)7/h10-11,21-26,31-32H,9,12-18H2,1-8H3/b20-11+/t21?,22-,23?,24?,25+,26?,28+,29-,30-/m1/s1. The molecule has 4 saturated carbocycles. The van der Waals surface area contributed by atoms with E-state index in [1.807, 2.05) is 0 Å². The predicted molar refractivity (Wildman–Crippen MR) is 134 cm³/mol. The van der Waals surface area contributed by atoms with E-state index in [4.69, 9.17) is 0 Å². The van der Waals surface area contributed by atoms with Crippen LogP contribution in [0.2, 0.25) is 0 Å². The summed E-state index contributed by atoms with van der Waals surface area (Å²) in [5.41, 5.74) is 3.54. The molecule has 0 aliphatic heterocycles. The zero-order chi connectivity index (χ0) is 23.7. The molecule has 4 aliphatic carbocycles. The molecule has 182 valence electrons. The molecule has 4 aliphatic rings. The van der Waals surface area contributed by atoms with Gasteiger partial charge in [0.2, 0.25) is 0 Å². The van der Waals surface area contributed by atoms with Crippen LogP contribution in [-0.4, -0.2) is 22.4 Å². The number of hydrogen-bond acceptors (Lipinski definition) is 2. The fraction of sp³-hybridized carbons (Fsp3) is 0.867. The fourth-order valence-corrected chi connectivity index (χ4v) is 9.89. The van der Waals surface area contributed by atoms with Crippen LogP contribution in [-0.2, 0) is 0 Å². The maximum atomic E-state index is 11.7. The van der Waals surface area contributed by atoms with Crippen molar-refractivity contribution < 1.29 is 10.2 Å². The van der Waals surface area contributed by atoms with E-state index in [0.717, 1.165) is 25.7 Å². The highest BCUT2D eigenvalue weighted by atomic mass is 16.3. The van der Waals surface area contributed by atoms with Crippen LogP contribution in [0, 0.1) is 45.3 Å². The van der Waals surface area contributed by atoms with Gasteiger partial charge in [-0.05, 0) is 117 Å². The summed E-state index contributed by atoms with van der Waals surface area (Å²) in [6, 6.07) is 0. The molecule has 0 aromatic heterocycles. The first-order chi connectivity index (χ1) is 14.8. The molecule has 0 saturated heterocycles. The molecule has 0 aromatic rings. The third kappa shape index (κ3) is 3.33. The summed E-state index contributed by atoms with van der Waals surface area (Å²) in [6.45, 7) is 18.9. The Labute approximate surface area is 198 Å². The van der Waals surface area contributed by atoms with Crippen molar-refractivity contribution in [1.82, 2.24) is 0 Å². The zero-order valence-corrected chi connectivity index (χ0v) is 22.2. The van der Waals surface area contributed by atoms with Crippen molar-refractivity contribution in [1.29, 1.82) is 0 Å². The molecule has 4 rings (SSSR count). The van der Waals surface area contributed by atoms with Crippen molar-refractivity contribution in [2.75, 3.05) is 0 Å². The van der Waals surface area contributed by atoms with Crippen molar-refractivity contribution >= 4 is 0 Å². The summed E-state index contributed by atoms with van der Waals surface area (Å²) >= 11 is 0. The Morgan fingerprint density at radius 3 is 2.12 bits per heavy atom. The molecule has 2 nitrogen and oxygen atoms in total. The van der Waals surface area contributed by atoms with Gasteiger partial charge >= 0.3 is 0 Å². The molecule has 2 N–H and O–H groups in total. The van der Waals surface area contributed by atoms with Gasteiger partial charge in [0.05, 0.1) is 12.2 Å². The van der Waals surface area contributed by atoms with Crippen molar-refractivity contribution in [3.8, 4) is 0 Å². The molecule has 0 bridgehead atoms. The van der Waals surface area contributed by atoms with Crippen LogP contribution in [0.3, 0.4) is 0 Å². The molecule has 2 heteroatoms. The van der Waals surface area contributed by atoms with Gasteiger partial charge in [0.25, 0.3) is 0 Å². The van der Waals surface area contributed by atoms with Crippen molar-refractivity contribution in [3.63, 3.8) is 0 Å². The summed E-state index contributed by atoms with van der Waals surface area (Å²) in [5.74, 6) is 2.00. The highest BCUT2D eigenvalue weighted by Gasteiger charge is 2.70. The van der Waals surface area contributed by atoms with Gasteiger partial charge in [0.1, 0.15) is 0 Å². The molecule has 0 heterocycles. The maximum absolute atomic E-state index is 11.7. The molecule has 0 amide bonds. The lowest BCUT2D eigenvalue weighted by atomic mass is 9.35. The fourth-order valence-electron chi connectivity index (χ4n) is 9.89. The minimum atomic E-state index is -0.206. The lowest BCUT2D eigenvalue weighted by Crippen LogP contribution is -2.66. The average Bonchev–Trinajstić information content (AvgIpc) is 3.07. The first-order valence-electron chi connectivity index (χ1n) is 13.4. The number of aliphatic hydroxyl groups excluding tert-OH is 2. The van der Waals surface area contributed by atoms with Gasteiger partial charge in [-0.1, -0.05) is 57.9 Å². The van der Waals surface area contributed by atoms with E-state index in [2.05, 4.69) is 67.5 Å². The number of fused-ring (bicyclic) bond motifs is 5. The quantitative estimate of drug-likeness (QED) is 0.450. The highest BCUT2D eigenvalue weighted by Crippen LogP contribution is 2.75. The van der Waals surface area contributed by atoms with Crippen molar-refractivity contribution in [2.24, 2.45) is 45.3 Å². The highest BCUT2D eigenvalue weighted by molar-refractivity contribution is 5.23. The predicted octanol–water partition coefficient (Wildman–Crippen LogP) is 7.31. The maximum Gasteiger partial charge on any atom is 0.0594 e. The smallest absolute Gasteiger partial charge is 0.0594 e. The van der Waals surface area contributed by atoms with E-state index in [9.17, 15) is 10.2 Å².